The molecule has 0 radical (unpaired) electrons. The van der Waals surface area contributed by atoms with Crippen molar-refractivity contribution in [3.63, 3.8) is 0 Å². The van der Waals surface area contributed by atoms with E-state index in [2.05, 4.69) is 63.2 Å². The lowest BCUT2D eigenvalue weighted by Gasteiger charge is -2.27. The number of hydrogen-bond donors (Lipinski definition) is 0. The van der Waals surface area contributed by atoms with Crippen molar-refractivity contribution in [1.82, 2.24) is 0 Å². The van der Waals surface area contributed by atoms with E-state index in [0.717, 1.165) is 110 Å². The van der Waals surface area contributed by atoms with E-state index >= 15 is 0 Å². The second kappa shape index (κ2) is 13.3. The lowest BCUT2D eigenvalue weighted by molar-refractivity contribution is 0.388. The monoisotopic (exact) mass is 685 g/mol. The van der Waals surface area contributed by atoms with Crippen molar-refractivity contribution in [2.24, 2.45) is 0 Å². The molecule has 5 saturated heterocycles. The quantitative estimate of drug-likeness (QED) is 0.164. The van der Waals surface area contributed by atoms with E-state index in [4.69, 9.17) is 58.5 Å². The number of hydrogen-bond acceptors (Lipinski definition) is 8. The predicted octanol–water partition coefficient (Wildman–Crippen LogP) is 5.85. The molecular weight excluding hydrogens is 649 g/mol. The third-order valence-electron chi connectivity index (χ3n) is 9.08. The number of anilines is 3. The number of epoxide rings is 5. The molecule has 5 heterocycles. The van der Waals surface area contributed by atoms with Gasteiger partial charge in [-0.3, -0.25) is 0 Å². The molecule has 244 valence electrons. The third kappa shape index (κ3) is 8.23. The maximum absolute atomic E-state index is 6.93. The van der Waals surface area contributed by atoms with Crippen LogP contribution in [0.1, 0.15) is 16.7 Å². The zero-order chi connectivity index (χ0) is 31.2. The van der Waals surface area contributed by atoms with Crippen LogP contribution in [0, 0.1) is 0 Å². The molecule has 0 spiro atoms. The fourth-order valence-electron chi connectivity index (χ4n) is 5.95. The Morgan fingerprint density at radius 2 is 0.761 bits per heavy atom. The van der Waals surface area contributed by atoms with Gasteiger partial charge in [0.05, 0.1) is 63.6 Å². The molecule has 8 rings (SSSR count). The van der Waals surface area contributed by atoms with Gasteiger partial charge in [-0.15, -0.1) is 0 Å². The van der Waals surface area contributed by atoms with Gasteiger partial charge in [0.2, 0.25) is 0 Å². The van der Waals surface area contributed by atoms with Gasteiger partial charge in [-0.05, 0) is 53.1 Å². The lowest BCUT2D eigenvalue weighted by atomic mass is 10.0. The summed E-state index contributed by atoms with van der Waals surface area (Å²) < 4.78 is 27.6. The first kappa shape index (κ1) is 31.0. The molecule has 5 fully saturated rings. The smallest absolute Gasteiger partial charge is 0.0984 e. The maximum Gasteiger partial charge on any atom is 0.0984 e. The molecule has 0 bridgehead atoms. The zero-order valence-corrected chi connectivity index (χ0v) is 27.9. The van der Waals surface area contributed by atoms with Crippen LogP contribution in [0.15, 0.2) is 54.6 Å². The Morgan fingerprint density at radius 3 is 1.09 bits per heavy atom. The van der Waals surface area contributed by atoms with Gasteiger partial charge in [0.15, 0.2) is 0 Å². The molecule has 5 aliphatic heterocycles. The largest absolute Gasteiger partial charge is 0.371 e. The summed E-state index contributed by atoms with van der Waals surface area (Å²) in [6, 6.07) is 18.9. The van der Waals surface area contributed by atoms with Crippen molar-refractivity contribution in [3.8, 4) is 0 Å². The van der Waals surface area contributed by atoms with Gasteiger partial charge in [0.25, 0.3) is 0 Å². The zero-order valence-electron chi connectivity index (χ0n) is 25.6. The summed E-state index contributed by atoms with van der Waals surface area (Å²) in [5.74, 6) is 0. The molecule has 5 aliphatic rings. The van der Waals surface area contributed by atoms with E-state index in [1.165, 1.54) is 0 Å². The van der Waals surface area contributed by atoms with Crippen LogP contribution in [0.4, 0.5) is 17.1 Å². The van der Waals surface area contributed by atoms with Gasteiger partial charge >= 0.3 is 0 Å². The average molecular weight is 687 g/mol. The maximum atomic E-state index is 6.93. The Bertz CT molecular complexity index is 1530. The van der Waals surface area contributed by atoms with Gasteiger partial charge in [-0.2, -0.15) is 0 Å². The third-order valence-corrected chi connectivity index (χ3v) is 10.1. The van der Waals surface area contributed by atoms with Gasteiger partial charge in [-0.1, -0.05) is 53.0 Å². The van der Waals surface area contributed by atoms with E-state index in [9.17, 15) is 0 Å². The van der Waals surface area contributed by atoms with Crippen LogP contribution >= 0.6 is 34.8 Å². The molecule has 5 unspecified atom stereocenters. The fourth-order valence-corrected chi connectivity index (χ4v) is 6.67. The van der Waals surface area contributed by atoms with Crippen LogP contribution in [-0.2, 0) is 36.6 Å². The Hall–Kier alpha value is -2.27. The molecular formula is C35H38Cl3N3O5. The minimum atomic E-state index is 0.207. The highest BCUT2D eigenvalue weighted by molar-refractivity contribution is 6.32. The molecule has 46 heavy (non-hydrogen) atoms. The van der Waals surface area contributed by atoms with Crippen LogP contribution in [0.25, 0.3) is 0 Å². The summed E-state index contributed by atoms with van der Waals surface area (Å²) in [5, 5.41) is 2.18. The molecule has 3 aromatic rings. The summed E-state index contributed by atoms with van der Waals surface area (Å²) >= 11 is 20.7. The number of nitrogens with zero attached hydrogens (tertiary/aromatic N) is 3. The van der Waals surface area contributed by atoms with Crippen molar-refractivity contribution in [3.05, 3.63) is 86.4 Å². The second-order valence-electron chi connectivity index (χ2n) is 13.0. The van der Waals surface area contributed by atoms with Crippen LogP contribution in [0.5, 0.6) is 0 Å². The van der Waals surface area contributed by atoms with Crippen molar-refractivity contribution in [2.75, 3.05) is 80.5 Å². The summed E-state index contributed by atoms with van der Waals surface area (Å²) in [4.78, 5) is 6.93. The van der Waals surface area contributed by atoms with Crippen molar-refractivity contribution >= 4 is 51.9 Å². The summed E-state index contributed by atoms with van der Waals surface area (Å²) in [6.45, 7) is 8.86. The number of halogens is 3. The molecule has 11 heteroatoms. The Kier molecular flexibility index (Phi) is 8.99. The van der Waals surface area contributed by atoms with E-state index in [1.807, 2.05) is 6.07 Å². The molecule has 0 aromatic heterocycles. The standard InChI is InChI=1S/C35H38Cl3N3O5/c36-33-8-25(4-1-22(33)7-23-2-5-26(9-34(23)37)40(13-29-18-43-29)14-30-19-44-30)39(12-28-17-42-28)11-24-3-6-27(10-35(24)38)41(15-31-20-45-31)16-32-21-46-32/h1-6,8-10,28-32H,7,11-21H2. The number of rotatable bonds is 17. The fraction of sp³-hybridized carbons (Fsp3) is 0.486. The van der Waals surface area contributed by atoms with Gasteiger partial charge in [0, 0.05) is 77.8 Å². The van der Waals surface area contributed by atoms with Gasteiger partial charge in [-0.25, -0.2) is 0 Å². The van der Waals surface area contributed by atoms with Gasteiger partial charge < -0.3 is 38.4 Å². The summed E-state index contributed by atoms with van der Waals surface area (Å²) in [6.07, 6.45) is 2.02. The van der Waals surface area contributed by atoms with Crippen molar-refractivity contribution in [2.45, 2.75) is 43.5 Å². The van der Waals surface area contributed by atoms with Crippen LogP contribution < -0.4 is 14.7 Å². The first-order valence-electron chi connectivity index (χ1n) is 16.1. The predicted molar refractivity (Wildman–Crippen MR) is 181 cm³/mol. The molecule has 8 nitrogen and oxygen atoms in total. The van der Waals surface area contributed by atoms with E-state index < -0.39 is 0 Å². The van der Waals surface area contributed by atoms with E-state index in [1.54, 1.807) is 0 Å². The number of ether oxygens (including phenoxy) is 5. The van der Waals surface area contributed by atoms with Crippen molar-refractivity contribution < 1.29 is 23.7 Å². The van der Waals surface area contributed by atoms with E-state index in [-0.39, 0.29) is 6.10 Å². The highest BCUT2D eigenvalue weighted by Gasteiger charge is 2.33. The number of benzene rings is 3. The Balaban J connectivity index is 0.959. The topological polar surface area (TPSA) is 72.4 Å². The van der Waals surface area contributed by atoms with E-state index in [0.29, 0.717) is 42.4 Å². The minimum absolute atomic E-state index is 0.207. The molecule has 0 N–H and O–H groups in total. The molecule has 0 amide bonds. The highest BCUT2D eigenvalue weighted by Crippen LogP contribution is 2.34. The second-order valence-corrected chi connectivity index (χ2v) is 14.2. The lowest BCUT2D eigenvalue weighted by Crippen LogP contribution is -2.31. The summed E-state index contributed by atoms with van der Waals surface area (Å²) in [7, 11) is 0. The van der Waals surface area contributed by atoms with Gasteiger partial charge in [0.1, 0.15) is 0 Å². The van der Waals surface area contributed by atoms with Crippen LogP contribution in [0.3, 0.4) is 0 Å². The SMILES string of the molecule is Clc1cc(N(Cc2ccc(N(CC3CO3)CC3CO3)cc2Cl)CC2CO2)ccc1Cc1ccc(N(CC2CO2)CC2CO2)cc1Cl. The molecule has 5 atom stereocenters. The highest BCUT2D eigenvalue weighted by atomic mass is 35.5. The average Bonchev–Trinajstić information content (AvgIpc) is 3.84. The molecule has 0 aliphatic carbocycles. The minimum Gasteiger partial charge on any atom is -0.371 e. The first-order chi connectivity index (χ1) is 22.4. The Labute approximate surface area is 284 Å². The van der Waals surface area contributed by atoms with Crippen LogP contribution in [0.2, 0.25) is 15.1 Å². The Morgan fingerprint density at radius 1 is 0.457 bits per heavy atom. The molecule has 3 aromatic carbocycles. The first-order valence-corrected chi connectivity index (χ1v) is 17.2. The summed E-state index contributed by atoms with van der Waals surface area (Å²) in [5.41, 5.74) is 6.34. The normalized spacial score (nSPS) is 25.2. The van der Waals surface area contributed by atoms with Crippen LogP contribution in [-0.4, -0.2) is 96.3 Å². The molecule has 0 saturated carbocycles. The van der Waals surface area contributed by atoms with Crippen molar-refractivity contribution in [1.29, 1.82) is 0 Å².